The predicted molar refractivity (Wildman–Crippen MR) is 124 cm³/mol. The molecule has 1 N–H and O–H groups in total. The van der Waals surface area contributed by atoms with E-state index < -0.39 is 0 Å². The highest BCUT2D eigenvalue weighted by Crippen LogP contribution is 2.43. The Kier molecular flexibility index (Phi) is 6.30. The van der Waals surface area contributed by atoms with Gasteiger partial charge in [-0.15, -0.1) is 11.3 Å². The molecule has 5 heteroatoms. The first-order chi connectivity index (χ1) is 14.5. The van der Waals surface area contributed by atoms with Crippen molar-refractivity contribution >= 4 is 22.2 Å². The van der Waals surface area contributed by atoms with Crippen LogP contribution in [0, 0.1) is 19.8 Å². The molecular formula is C25H29N3OS. The number of nitrogens with one attached hydrogen (secondary N) is 1. The monoisotopic (exact) mass is 419 g/mol. The lowest BCUT2D eigenvalue weighted by Crippen LogP contribution is -2.37. The molecule has 1 saturated heterocycles. The second kappa shape index (κ2) is 9.11. The van der Waals surface area contributed by atoms with Crippen LogP contribution in [0.15, 0.2) is 54.9 Å². The third-order valence-corrected chi connectivity index (χ3v) is 7.29. The van der Waals surface area contributed by atoms with Crippen LogP contribution in [0.25, 0.3) is 0 Å². The summed E-state index contributed by atoms with van der Waals surface area (Å²) in [7, 11) is 0. The SMILES string of the molecule is Cc1sc(NC(=O)c2ccccc2)c(C(c2cccnc2)N2CCC(C)CC2)c1C. The number of amides is 1. The Balaban J connectivity index is 1.74. The number of carbonyl (C=O) groups is 1. The Morgan fingerprint density at radius 2 is 1.87 bits per heavy atom. The van der Waals surface area contributed by atoms with Gasteiger partial charge in [0.1, 0.15) is 5.00 Å². The van der Waals surface area contributed by atoms with Crippen molar-refractivity contribution in [1.29, 1.82) is 0 Å². The van der Waals surface area contributed by atoms with Gasteiger partial charge in [0.25, 0.3) is 5.91 Å². The standard InChI is InChI=1S/C25H29N3OS/c1-17-11-14-28(15-12-17)23(21-10-7-13-26-16-21)22-18(2)19(3)30-25(22)27-24(29)20-8-5-4-6-9-20/h4-10,13,16-17,23H,11-12,14-15H2,1-3H3,(H,27,29). The van der Waals surface area contributed by atoms with Gasteiger partial charge in [0, 0.05) is 28.4 Å². The largest absolute Gasteiger partial charge is 0.313 e. The average Bonchev–Trinajstić information content (AvgIpc) is 3.04. The van der Waals surface area contributed by atoms with Gasteiger partial charge in [0.2, 0.25) is 0 Å². The van der Waals surface area contributed by atoms with Crippen LogP contribution in [0.2, 0.25) is 0 Å². The fraction of sp³-hybridized carbons (Fsp3) is 0.360. The second-order valence-electron chi connectivity index (χ2n) is 8.25. The summed E-state index contributed by atoms with van der Waals surface area (Å²) < 4.78 is 0. The van der Waals surface area contributed by atoms with Gasteiger partial charge in [0.15, 0.2) is 0 Å². The van der Waals surface area contributed by atoms with Crippen LogP contribution in [0.3, 0.4) is 0 Å². The van der Waals surface area contributed by atoms with Crippen LogP contribution < -0.4 is 5.32 Å². The molecule has 0 radical (unpaired) electrons. The van der Waals surface area contributed by atoms with Crippen molar-refractivity contribution in [2.45, 2.75) is 39.7 Å². The molecule has 30 heavy (non-hydrogen) atoms. The molecule has 1 amide bonds. The molecule has 4 rings (SSSR count). The van der Waals surface area contributed by atoms with E-state index >= 15 is 0 Å². The minimum absolute atomic E-state index is 0.0599. The molecule has 0 saturated carbocycles. The van der Waals surface area contributed by atoms with Crippen molar-refractivity contribution in [2.24, 2.45) is 5.92 Å². The predicted octanol–water partition coefficient (Wildman–Crippen LogP) is 5.83. The smallest absolute Gasteiger partial charge is 0.256 e. The van der Waals surface area contributed by atoms with Crippen molar-refractivity contribution in [1.82, 2.24) is 9.88 Å². The molecule has 0 bridgehead atoms. The Morgan fingerprint density at radius 1 is 1.13 bits per heavy atom. The van der Waals surface area contributed by atoms with E-state index in [1.807, 2.05) is 48.8 Å². The molecule has 1 fully saturated rings. The quantitative estimate of drug-likeness (QED) is 0.566. The first-order valence-corrected chi connectivity index (χ1v) is 11.5. The van der Waals surface area contributed by atoms with Gasteiger partial charge in [-0.2, -0.15) is 0 Å². The Morgan fingerprint density at radius 3 is 2.53 bits per heavy atom. The molecule has 2 aromatic heterocycles. The molecule has 3 heterocycles. The van der Waals surface area contributed by atoms with Gasteiger partial charge in [-0.05, 0) is 75.0 Å². The molecule has 0 aliphatic carbocycles. The average molecular weight is 420 g/mol. The number of hydrogen-bond acceptors (Lipinski definition) is 4. The molecule has 1 atom stereocenters. The molecule has 1 aliphatic rings. The number of anilines is 1. The number of thiophene rings is 1. The zero-order chi connectivity index (χ0) is 21.1. The molecular weight excluding hydrogens is 390 g/mol. The zero-order valence-electron chi connectivity index (χ0n) is 17.9. The number of nitrogens with zero attached hydrogens (tertiary/aromatic N) is 2. The minimum Gasteiger partial charge on any atom is -0.313 e. The van der Waals surface area contributed by atoms with Gasteiger partial charge in [0.05, 0.1) is 6.04 Å². The minimum atomic E-state index is -0.0599. The Bertz CT molecular complexity index is 992. The van der Waals surface area contributed by atoms with Crippen molar-refractivity contribution < 1.29 is 4.79 Å². The highest BCUT2D eigenvalue weighted by atomic mass is 32.1. The van der Waals surface area contributed by atoms with Crippen molar-refractivity contribution in [2.75, 3.05) is 18.4 Å². The number of aryl methyl sites for hydroxylation is 1. The van der Waals surface area contributed by atoms with Crippen LogP contribution >= 0.6 is 11.3 Å². The van der Waals surface area contributed by atoms with Crippen LogP contribution in [-0.2, 0) is 0 Å². The van der Waals surface area contributed by atoms with E-state index in [4.69, 9.17) is 0 Å². The fourth-order valence-corrected chi connectivity index (χ4v) is 5.30. The second-order valence-corrected chi connectivity index (χ2v) is 9.48. The summed E-state index contributed by atoms with van der Waals surface area (Å²) >= 11 is 1.67. The highest BCUT2D eigenvalue weighted by molar-refractivity contribution is 7.16. The van der Waals surface area contributed by atoms with Crippen molar-refractivity contribution in [3.8, 4) is 0 Å². The van der Waals surface area contributed by atoms with Gasteiger partial charge in [-0.25, -0.2) is 0 Å². The number of carbonyl (C=O) groups excluding carboxylic acids is 1. The molecule has 4 nitrogen and oxygen atoms in total. The Labute approximate surface area is 183 Å². The number of rotatable bonds is 5. The highest BCUT2D eigenvalue weighted by Gasteiger charge is 2.31. The number of likely N-dealkylation sites (tertiary alicyclic amines) is 1. The van der Waals surface area contributed by atoms with Crippen LogP contribution in [0.1, 0.15) is 57.7 Å². The summed E-state index contributed by atoms with van der Waals surface area (Å²) in [5.74, 6) is 0.702. The molecule has 1 unspecified atom stereocenters. The van der Waals surface area contributed by atoms with Gasteiger partial charge < -0.3 is 5.32 Å². The maximum Gasteiger partial charge on any atom is 0.256 e. The van der Waals surface area contributed by atoms with Crippen LogP contribution in [-0.4, -0.2) is 28.9 Å². The topological polar surface area (TPSA) is 45.2 Å². The summed E-state index contributed by atoms with van der Waals surface area (Å²) in [5, 5.41) is 4.17. The molecule has 1 aliphatic heterocycles. The number of piperidine rings is 1. The lowest BCUT2D eigenvalue weighted by Gasteiger charge is -2.37. The third kappa shape index (κ3) is 4.32. The summed E-state index contributed by atoms with van der Waals surface area (Å²) in [6, 6.07) is 13.7. The molecule has 156 valence electrons. The summed E-state index contributed by atoms with van der Waals surface area (Å²) in [6.45, 7) is 8.76. The van der Waals surface area contributed by atoms with E-state index in [9.17, 15) is 4.79 Å². The number of benzene rings is 1. The van der Waals surface area contributed by atoms with E-state index in [1.165, 1.54) is 34.4 Å². The maximum absolute atomic E-state index is 12.9. The molecule has 0 spiro atoms. The maximum atomic E-state index is 12.9. The normalized spacial score (nSPS) is 16.4. The van der Waals surface area contributed by atoms with Crippen molar-refractivity contribution in [3.05, 3.63) is 82.0 Å². The van der Waals surface area contributed by atoms with Gasteiger partial charge >= 0.3 is 0 Å². The number of pyridine rings is 1. The summed E-state index contributed by atoms with van der Waals surface area (Å²) in [6.07, 6.45) is 6.19. The molecule has 3 aromatic rings. The first kappa shape index (κ1) is 20.8. The molecule has 1 aromatic carbocycles. The first-order valence-electron chi connectivity index (χ1n) is 10.6. The number of aromatic nitrogens is 1. The van der Waals surface area contributed by atoms with Crippen LogP contribution in [0.4, 0.5) is 5.00 Å². The van der Waals surface area contributed by atoms with E-state index in [0.717, 1.165) is 24.0 Å². The summed E-state index contributed by atoms with van der Waals surface area (Å²) in [5.41, 5.74) is 4.33. The Hall–Kier alpha value is -2.50. The van der Waals surface area contributed by atoms with Gasteiger partial charge in [-0.1, -0.05) is 31.2 Å². The summed E-state index contributed by atoms with van der Waals surface area (Å²) in [4.78, 5) is 21.1. The van der Waals surface area contributed by atoms with E-state index in [-0.39, 0.29) is 11.9 Å². The third-order valence-electron chi connectivity index (χ3n) is 6.15. The van der Waals surface area contributed by atoms with Crippen LogP contribution in [0.5, 0.6) is 0 Å². The zero-order valence-corrected chi connectivity index (χ0v) is 18.7. The fourth-order valence-electron chi connectivity index (χ4n) is 4.22. The lowest BCUT2D eigenvalue weighted by molar-refractivity contribution is 0.102. The van der Waals surface area contributed by atoms with Gasteiger partial charge in [-0.3, -0.25) is 14.7 Å². The van der Waals surface area contributed by atoms with E-state index in [2.05, 4.69) is 42.0 Å². The van der Waals surface area contributed by atoms with E-state index in [1.54, 1.807) is 11.3 Å². The number of hydrogen-bond donors (Lipinski definition) is 1. The van der Waals surface area contributed by atoms with Crippen molar-refractivity contribution in [3.63, 3.8) is 0 Å². The van der Waals surface area contributed by atoms with E-state index in [0.29, 0.717) is 5.56 Å². The lowest BCUT2D eigenvalue weighted by atomic mass is 9.91.